The molecule has 2 N–H and O–H groups in total. The number of thiocarbonyl (C=S) groups is 1. The van der Waals surface area contributed by atoms with Crippen LogP contribution in [0.2, 0.25) is 0 Å². The van der Waals surface area contributed by atoms with Gasteiger partial charge in [-0.3, -0.25) is 5.43 Å². The van der Waals surface area contributed by atoms with Gasteiger partial charge in [-0.1, -0.05) is 49.4 Å². The zero-order valence-corrected chi connectivity index (χ0v) is 13.2. The lowest BCUT2D eigenvalue weighted by Gasteiger charge is -2.09. The van der Waals surface area contributed by atoms with Crippen LogP contribution in [0.15, 0.2) is 59.7 Å². The SMILES string of the molecule is CC/C(=N/NC(=S)NCc1ccccc1)c1ccc(F)cc1. The molecule has 0 amide bonds. The summed E-state index contributed by atoms with van der Waals surface area (Å²) in [4.78, 5) is 0. The van der Waals surface area contributed by atoms with Gasteiger partial charge in [0.25, 0.3) is 0 Å². The van der Waals surface area contributed by atoms with Crippen molar-refractivity contribution in [3.05, 3.63) is 71.5 Å². The highest BCUT2D eigenvalue weighted by Crippen LogP contribution is 2.06. The minimum atomic E-state index is -0.257. The van der Waals surface area contributed by atoms with Gasteiger partial charge in [-0.2, -0.15) is 5.10 Å². The Hall–Kier alpha value is -2.27. The lowest BCUT2D eigenvalue weighted by atomic mass is 10.1. The van der Waals surface area contributed by atoms with Gasteiger partial charge < -0.3 is 5.32 Å². The maximum absolute atomic E-state index is 12.9. The maximum Gasteiger partial charge on any atom is 0.187 e. The monoisotopic (exact) mass is 315 g/mol. The molecule has 0 aliphatic heterocycles. The van der Waals surface area contributed by atoms with Crippen LogP contribution in [-0.4, -0.2) is 10.8 Å². The van der Waals surface area contributed by atoms with Crippen LogP contribution in [-0.2, 0) is 6.54 Å². The van der Waals surface area contributed by atoms with E-state index in [0.29, 0.717) is 11.7 Å². The molecule has 0 aromatic heterocycles. The fourth-order valence-electron chi connectivity index (χ4n) is 1.93. The summed E-state index contributed by atoms with van der Waals surface area (Å²) in [5.41, 5.74) is 5.68. The molecular formula is C17H18FN3S. The van der Waals surface area contributed by atoms with Crippen LogP contribution in [0.25, 0.3) is 0 Å². The van der Waals surface area contributed by atoms with Crippen molar-refractivity contribution in [2.75, 3.05) is 0 Å². The van der Waals surface area contributed by atoms with Gasteiger partial charge in [0.2, 0.25) is 0 Å². The zero-order chi connectivity index (χ0) is 15.8. The Balaban J connectivity index is 1.91. The van der Waals surface area contributed by atoms with E-state index in [1.165, 1.54) is 12.1 Å². The predicted molar refractivity (Wildman–Crippen MR) is 92.2 cm³/mol. The molecule has 0 bridgehead atoms. The van der Waals surface area contributed by atoms with Gasteiger partial charge in [0.05, 0.1) is 5.71 Å². The summed E-state index contributed by atoms with van der Waals surface area (Å²) in [5, 5.41) is 7.84. The molecule has 0 aliphatic rings. The van der Waals surface area contributed by atoms with E-state index in [4.69, 9.17) is 12.2 Å². The number of halogens is 1. The minimum absolute atomic E-state index is 0.257. The number of hydrazone groups is 1. The molecule has 3 nitrogen and oxygen atoms in total. The second-order valence-electron chi connectivity index (χ2n) is 4.70. The normalized spacial score (nSPS) is 11.1. The molecule has 114 valence electrons. The number of nitrogens with zero attached hydrogens (tertiary/aromatic N) is 1. The lowest BCUT2D eigenvalue weighted by molar-refractivity contribution is 0.627. The van der Waals surface area contributed by atoms with Crippen LogP contribution in [0, 0.1) is 5.82 Å². The van der Waals surface area contributed by atoms with Crippen molar-refractivity contribution in [2.45, 2.75) is 19.9 Å². The van der Waals surface area contributed by atoms with Crippen molar-refractivity contribution in [3.63, 3.8) is 0 Å². The standard InChI is InChI=1S/C17H18FN3S/c1-2-16(14-8-10-15(18)11-9-14)20-21-17(22)19-12-13-6-4-3-5-7-13/h3-11H,2,12H2,1H3,(H2,19,21,22)/b20-16-. The molecular weight excluding hydrogens is 297 g/mol. The van der Waals surface area contributed by atoms with Gasteiger partial charge in [-0.25, -0.2) is 4.39 Å². The van der Waals surface area contributed by atoms with E-state index in [2.05, 4.69) is 15.8 Å². The van der Waals surface area contributed by atoms with E-state index in [9.17, 15) is 4.39 Å². The molecule has 0 spiro atoms. The highest BCUT2D eigenvalue weighted by molar-refractivity contribution is 7.80. The topological polar surface area (TPSA) is 36.4 Å². The highest BCUT2D eigenvalue weighted by Gasteiger charge is 2.02. The van der Waals surface area contributed by atoms with Crippen LogP contribution < -0.4 is 10.7 Å². The van der Waals surface area contributed by atoms with E-state index in [-0.39, 0.29) is 5.82 Å². The fraction of sp³-hybridized carbons (Fsp3) is 0.176. The van der Waals surface area contributed by atoms with Crippen LogP contribution >= 0.6 is 12.2 Å². The molecule has 5 heteroatoms. The van der Waals surface area contributed by atoms with Crippen molar-refractivity contribution < 1.29 is 4.39 Å². The third kappa shape index (κ3) is 4.93. The first-order valence-corrected chi connectivity index (χ1v) is 7.50. The summed E-state index contributed by atoms with van der Waals surface area (Å²) in [5.74, 6) is -0.257. The first-order chi connectivity index (χ1) is 10.7. The van der Waals surface area contributed by atoms with Crippen molar-refractivity contribution in [2.24, 2.45) is 5.10 Å². The molecule has 2 rings (SSSR count). The van der Waals surface area contributed by atoms with Gasteiger partial charge in [0, 0.05) is 6.54 Å². The third-order valence-corrected chi connectivity index (χ3v) is 3.34. The smallest absolute Gasteiger partial charge is 0.187 e. The fourth-order valence-corrected chi connectivity index (χ4v) is 2.04. The van der Waals surface area contributed by atoms with E-state index >= 15 is 0 Å². The van der Waals surface area contributed by atoms with Crippen LogP contribution in [0.3, 0.4) is 0 Å². The van der Waals surface area contributed by atoms with E-state index < -0.39 is 0 Å². The largest absolute Gasteiger partial charge is 0.357 e. The Labute approximate surface area is 135 Å². The molecule has 0 atom stereocenters. The Morgan fingerprint density at radius 3 is 2.41 bits per heavy atom. The molecule has 22 heavy (non-hydrogen) atoms. The number of rotatable bonds is 5. The van der Waals surface area contributed by atoms with Crippen molar-refractivity contribution in [1.29, 1.82) is 0 Å². The summed E-state index contributed by atoms with van der Waals surface area (Å²) in [7, 11) is 0. The van der Waals surface area contributed by atoms with Crippen LogP contribution in [0.5, 0.6) is 0 Å². The maximum atomic E-state index is 12.9. The van der Waals surface area contributed by atoms with Crippen LogP contribution in [0.1, 0.15) is 24.5 Å². The van der Waals surface area contributed by atoms with E-state index in [0.717, 1.165) is 23.3 Å². The first-order valence-electron chi connectivity index (χ1n) is 7.09. The average Bonchev–Trinajstić information content (AvgIpc) is 2.56. The Bertz CT molecular complexity index is 639. The molecule has 0 unspecified atom stereocenters. The summed E-state index contributed by atoms with van der Waals surface area (Å²) in [6, 6.07) is 16.2. The van der Waals surface area contributed by atoms with E-state index in [1.54, 1.807) is 12.1 Å². The summed E-state index contributed by atoms with van der Waals surface area (Å²) in [6.07, 6.45) is 0.722. The zero-order valence-electron chi connectivity index (χ0n) is 12.3. The molecule has 0 fully saturated rings. The number of hydrogen-bond donors (Lipinski definition) is 2. The van der Waals surface area contributed by atoms with Gasteiger partial charge in [0.15, 0.2) is 5.11 Å². The molecule has 2 aromatic rings. The molecule has 0 heterocycles. The Kier molecular flexibility index (Phi) is 6.03. The quantitative estimate of drug-likeness (QED) is 0.503. The third-order valence-electron chi connectivity index (χ3n) is 3.10. The average molecular weight is 315 g/mol. The van der Waals surface area contributed by atoms with Crippen LogP contribution in [0.4, 0.5) is 4.39 Å². The lowest BCUT2D eigenvalue weighted by Crippen LogP contribution is -2.32. The molecule has 0 radical (unpaired) electrons. The number of nitrogens with one attached hydrogen (secondary N) is 2. The van der Waals surface area contributed by atoms with Gasteiger partial charge in [-0.15, -0.1) is 0 Å². The Morgan fingerprint density at radius 2 is 1.77 bits per heavy atom. The van der Waals surface area contributed by atoms with Crippen molar-refractivity contribution in [3.8, 4) is 0 Å². The van der Waals surface area contributed by atoms with Gasteiger partial charge in [-0.05, 0) is 41.9 Å². The highest BCUT2D eigenvalue weighted by atomic mass is 32.1. The second kappa shape index (κ2) is 8.24. The first kappa shape index (κ1) is 16.1. The number of hydrogen-bond acceptors (Lipinski definition) is 2. The van der Waals surface area contributed by atoms with E-state index in [1.807, 2.05) is 37.3 Å². The molecule has 0 saturated carbocycles. The summed E-state index contributed by atoms with van der Waals surface area (Å²) >= 11 is 5.20. The van der Waals surface area contributed by atoms with Crippen molar-refractivity contribution >= 4 is 23.0 Å². The molecule has 2 aromatic carbocycles. The molecule has 0 saturated heterocycles. The summed E-state index contributed by atoms with van der Waals surface area (Å²) in [6.45, 7) is 2.63. The second-order valence-corrected chi connectivity index (χ2v) is 5.11. The van der Waals surface area contributed by atoms with Crippen molar-refractivity contribution in [1.82, 2.24) is 10.7 Å². The van der Waals surface area contributed by atoms with Gasteiger partial charge in [0.1, 0.15) is 5.82 Å². The Morgan fingerprint density at radius 1 is 1.09 bits per heavy atom. The predicted octanol–water partition coefficient (Wildman–Crippen LogP) is 3.60. The minimum Gasteiger partial charge on any atom is -0.357 e. The number of benzene rings is 2. The summed E-state index contributed by atoms with van der Waals surface area (Å²) < 4.78 is 12.9. The molecule has 0 aliphatic carbocycles. The van der Waals surface area contributed by atoms with Gasteiger partial charge >= 0.3 is 0 Å².